The van der Waals surface area contributed by atoms with Crippen molar-refractivity contribution in [3.63, 3.8) is 0 Å². The molecule has 0 aliphatic rings. The van der Waals surface area contributed by atoms with E-state index in [0.29, 0.717) is 11.4 Å². The van der Waals surface area contributed by atoms with E-state index in [1.54, 1.807) is 30.5 Å². The van der Waals surface area contributed by atoms with Gasteiger partial charge in [-0.1, -0.05) is 23.5 Å². The number of halogens is 2. The van der Waals surface area contributed by atoms with Crippen LogP contribution in [0.4, 0.5) is 25.5 Å². The minimum Gasteiger partial charge on any atom is -0.382 e. The van der Waals surface area contributed by atoms with E-state index in [0.717, 1.165) is 29.2 Å². The van der Waals surface area contributed by atoms with Gasteiger partial charge in [0.1, 0.15) is 28.1 Å². The van der Waals surface area contributed by atoms with Crippen molar-refractivity contribution < 1.29 is 18.4 Å². The first-order valence-corrected chi connectivity index (χ1v) is 10.4. The van der Waals surface area contributed by atoms with Crippen molar-refractivity contribution in [2.75, 3.05) is 11.1 Å². The Balaban J connectivity index is 1.43. The fraction of sp³-hybridized carbons (Fsp3) is 0.0455. The second kappa shape index (κ2) is 9.49. The molecule has 1 amide bonds. The summed E-state index contributed by atoms with van der Waals surface area (Å²) >= 11 is 0.835. The zero-order valence-corrected chi connectivity index (χ0v) is 17.7. The molecule has 11 heteroatoms. The number of ketones is 1. The van der Waals surface area contributed by atoms with E-state index >= 15 is 0 Å². The van der Waals surface area contributed by atoms with Crippen molar-refractivity contribution in [3.8, 4) is 0 Å². The molecule has 0 bridgehead atoms. The van der Waals surface area contributed by atoms with Crippen LogP contribution in [0.25, 0.3) is 0 Å². The molecule has 0 saturated carbocycles. The predicted molar refractivity (Wildman–Crippen MR) is 119 cm³/mol. The molecule has 3 aromatic heterocycles. The highest BCUT2D eigenvalue weighted by Crippen LogP contribution is 2.30. The van der Waals surface area contributed by atoms with E-state index in [1.165, 1.54) is 12.3 Å². The van der Waals surface area contributed by atoms with Crippen LogP contribution >= 0.6 is 11.3 Å². The number of thiazole rings is 1. The molecular weight excluding hydrogens is 450 g/mol. The lowest BCUT2D eigenvalue weighted by molar-refractivity contribution is 0.0949. The van der Waals surface area contributed by atoms with E-state index in [9.17, 15) is 18.4 Å². The van der Waals surface area contributed by atoms with Crippen LogP contribution in [0.2, 0.25) is 0 Å². The highest BCUT2D eigenvalue weighted by Gasteiger charge is 2.24. The van der Waals surface area contributed by atoms with Crippen molar-refractivity contribution in [1.29, 1.82) is 0 Å². The Morgan fingerprint density at radius 2 is 1.79 bits per heavy atom. The Kier molecular flexibility index (Phi) is 6.31. The van der Waals surface area contributed by atoms with Gasteiger partial charge in [0.25, 0.3) is 5.91 Å². The predicted octanol–water partition coefficient (Wildman–Crippen LogP) is 3.70. The summed E-state index contributed by atoms with van der Waals surface area (Å²) < 4.78 is 27.9. The number of aromatic nitrogens is 3. The maximum absolute atomic E-state index is 13.9. The fourth-order valence-corrected chi connectivity index (χ4v) is 3.70. The molecule has 4 rings (SSSR count). The number of nitrogens with one attached hydrogen (secondary N) is 2. The summed E-state index contributed by atoms with van der Waals surface area (Å²) in [5.74, 6) is -3.02. The largest absolute Gasteiger partial charge is 0.382 e. The fourth-order valence-electron chi connectivity index (χ4n) is 2.86. The van der Waals surface area contributed by atoms with Crippen molar-refractivity contribution in [3.05, 3.63) is 94.3 Å². The van der Waals surface area contributed by atoms with Crippen LogP contribution in [0, 0.1) is 11.6 Å². The van der Waals surface area contributed by atoms with Gasteiger partial charge in [-0.15, -0.1) is 0 Å². The third-order valence-electron chi connectivity index (χ3n) is 4.47. The molecule has 0 fully saturated rings. The minimum atomic E-state index is -0.985. The number of pyridine rings is 2. The molecule has 0 spiro atoms. The van der Waals surface area contributed by atoms with Crippen LogP contribution in [0.1, 0.15) is 31.3 Å². The van der Waals surface area contributed by atoms with Gasteiger partial charge in [0.15, 0.2) is 5.13 Å². The minimum absolute atomic E-state index is 0.105. The van der Waals surface area contributed by atoms with Gasteiger partial charge in [-0.25, -0.2) is 18.7 Å². The molecule has 0 aliphatic heterocycles. The van der Waals surface area contributed by atoms with Crippen molar-refractivity contribution in [2.24, 2.45) is 0 Å². The van der Waals surface area contributed by atoms with Crippen LogP contribution in [0.15, 0.2) is 60.9 Å². The van der Waals surface area contributed by atoms with E-state index in [2.05, 4.69) is 25.6 Å². The molecular formula is C22H16F2N6O2S. The standard InChI is InChI=1S/C22H16F2N6O2S/c23-14-5-3-6-15(24)17(14)18(31)19-20(25)30-22(33-19)29-16-8-7-12(10-27-16)21(32)28-11-13-4-1-2-9-26-13/h1-10H,11,25H2,(H,28,32)(H,27,29,30). The van der Waals surface area contributed by atoms with Crippen LogP contribution < -0.4 is 16.4 Å². The summed E-state index contributed by atoms with van der Waals surface area (Å²) in [5, 5.41) is 5.81. The quantitative estimate of drug-likeness (QED) is 0.355. The summed E-state index contributed by atoms with van der Waals surface area (Å²) in [4.78, 5) is 37.1. The molecule has 4 aromatic rings. The lowest BCUT2D eigenvalue weighted by atomic mass is 10.1. The number of benzene rings is 1. The molecule has 0 radical (unpaired) electrons. The maximum Gasteiger partial charge on any atom is 0.253 e. The Bertz CT molecular complexity index is 1290. The molecule has 8 nitrogen and oxygen atoms in total. The Labute approximate surface area is 190 Å². The maximum atomic E-state index is 13.9. The number of anilines is 3. The molecule has 4 N–H and O–H groups in total. The molecule has 0 unspecified atom stereocenters. The van der Waals surface area contributed by atoms with Crippen molar-refractivity contribution >= 4 is 39.8 Å². The molecule has 166 valence electrons. The lowest BCUT2D eigenvalue weighted by Crippen LogP contribution is -2.23. The van der Waals surface area contributed by atoms with Gasteiger partial charge in [0.2, 0.25) is 5.78 Å². The number of carbonyl (C=O) groups excluding carboxylic acids is 2. The van der Waals surface area contributed by atoms with Gasteiger partial charge >= 0.3 is 0 Å². The summed E-state index contributed by atoms with van der Waals surface area (Å²) in [6, 6.07) is 11.7. The molecule has 3 heterocycles. The normalized spacial score (nSPS) is 10.6. The monoisotopic (exact) mass is 466 g/mol. The topological polar surface area (TPSA) is 123 Å². The molecule has 1 aromatic carbocycles. The van der Waals surface area contributed by atoms with E-state index in [-0.39, 0.29) is 28.3 Å². The van der Waals surface area contributed by atoms with Crippen LogP contribution in [-0.4, -0.2) is 26.6 Å². The Morgan fingerprint density at radius 3 is 2.45 bits per heavy atom. The van der Waals surface area contributed by atoms with Gasteiger partial charge in [0.05, 0.1) is 23.4 Å². The SMILES string of the molecule is Nc1nc(Nc2ccc(C(=O)NCc3ccccn3)cn2)sc1C(=O)c1c(F)cccc1F. The van der Waals surface area contributed by atoms with Crippen LogP contribution in [-0.2, 0) is 6.54 Å². The lowest BCUT2D eigenvalue weighted by Gasteiger charge is -2.06. The highest BCUT2D eigenvalue weighted by atomic mass is 32.1. The molecule has 0 atom stereocenters. The van der Waals surface area contributed by atoms with Gasteiger partial charge in [-0.2, -0.15) is 0 Å². The third-order valence-corrected chi connectivity index (χ3v) is 5.45. The van der Waals surface area contributed by atoms with Crippen molar-refractivity contribution in [2.45, 2.75) is 6.54 Å². The number of hydrogen-bond donors (Lipinski definition) is 3. The van der Waals surface area contributed by atoms with Gasteiger partial charge in [0, 0.05) is 12.4 Å². The summed E-state index contributed by atoms with van der Waals surface area (Å²) in [5.41, 5.74) is 6.15. The molecule has 0 saturated heterocycles. The number of amides is 1. The second-order valence-electron chi connectivity index (χ2n) is 6.72. The number of nitrogen functional groups attached to an aromatic ring is 1. The highest BCUT2D eigenvalue weighted by molar-refractivity contribution is 7.18. The number of hydrogen-bond acceptors (Lipinski definition) is 8. The van der Waals surface area contributed by atoms with Crippen LogP contribution in [0.3, 0.4) is 0 Å². The smallest absolute Gasteiger partial charge is 0.253 e. The number of nitrogens with zero attached hydrogens (tertiary/aromatic N) is 3. The summed E-state index contributed by atoms with van der Waals surface area (Å²) in [7, 11) is 0. The zero-order chi connectivity index (χ0) is 23.4. The first-order chi connectivity index (χ1) is 15.9. The number of rotatable bonds is 7. The molecule has 0 aliphatic carbocycles. The van der Waals surface area contributed by atoms with E-state index < -0.39 is 23.0 Å². The Morgan fingerprint density at radius 1 is 1.00 bits per heavy atom. The summed E-state index contributed by atoms with van der Waals surface area (Å²) in [6.45, 7) is 0.275. The number of carbonyl (C=O) groups is 2. The summed E-state index contributed by atoms with van der Waals surface area (Å²) in [6.07, 6.45) is 3.01. The van der Waals surface area contributed by atoms with Gasteiger partial charge in [-0.05, 0) is 36.4 Å². The second-order valence-corrected chi connectivity index (χ2v) is 7.72. The van der Waals surface area contributed by atoms with Crippen LogP contribution in [0.5, 0.6) is 0 Å². The third kappa shape index (κ3) is 4.99. The van der Waals surface area contributed by atoms with Gasteiger partial charge in [-0.3, -0.25) is 14.6 Å². The zero-order valence-electron chi connectivity index (χ0n) is 16.9. The van der Waals surface area contributed by atoms with Gasteiger partial charge < -0.3 is 16.4 Å². The van der Waals surface area contributed by atoms with E-state index in [4.69, 9.17) is 5.73 Å². The average Bonchev–Trinajstić information content (AvgIpc) is 3.18. The first kappa shape index (κ1) is 22.0. The Hall–Kier alpha value is -4.25. The van der Waals surface area contributed by atoms with E-state index in [1.807, 2.05) is 6.07 Å². The first-order valence-electron chi connectivity index (χ1n) is 9.58. The average molecular weight is 466 g/mol. The molecule has 33 heavy (non-hydrogen) atoms. The van der Waals surface area contributed by atoms with Crippen molar-refractivity contribution in [1.82, 2.24) is 20.3 Å². The number of nitrogens with two attached hydrogens (primary N) is 1.